The molecule has 21 heteroatoms. The van der Waals surface area contributed by atoms with Crippen LogP contribution in [0.1, 0.15) is 44.9 Å². The molecule has 0 fully saturated rings. The van der Waals surface area contributed by atoms with Crippen LogP contribution >= 0.6 is 31.7 Å². The minimum Gasteiger partial charge on any atom is -0.377 e. The summed E-state index contributed by atoms with van der Waals surface area (Å²) in [5, 5.41) is 31.6. The lowest BCUT2D eigenvalue weighted by molar-refractivity contribution is -0.124. The Morgan fingerprint density at radius 3 is 0.733 bits per heavy atom. The van der Waals surface area contributed by atoms with Gasteiger partial charge < -0.3 is 50.1 Å². The maximum absolute atomic E-state index is 13.8. The summed E-state index contributed by atoms with van der Waals surface area (Å²) in [4.78, 5) is 82.8. The number of anilines is 2. The fourth-order valence-corrected chi connectivity index (χ4v) is 23.6. The molecule has 0 bridgehead atoms. The first-order chi connectivity index (χ1) is 51.4. The van der Waals surface area contributed by atoms with Crippen LogP contribution in [0.2, 0.25) is 6.04 Å². The summed E-state index contributed by atoms with van der Waals surface area (Å²) < 4.78 is 17.0. The number of carbonyl (C=O) groups excluding carboxylic acids is 6. The Hall–Kier alpha value is -9.20. The molecule has 6 amide bonds. The van der Waals surface area contributed by atoms with Crippen molar-refractivity contribution < 1.29 is 42.0 Å². The van der Waals surface area contributed by atoms with E-state index in [4.69, 9.17) is 13.3 Å². The summed E-state index contributed by atoms with van der Waals surface area (Å²) in [6.07, 6.45) is 0.659. The molecule has 0 saturated carbocycles. The van der Waals surface area contributed by atoms with E-state index in [9.17, 15) is 28.8 Å². The second-order valence-corrected chi connectivity index (χ2v) is 36.7. The number of amides is 6. The quantitative estimate of drug-likeness (QED) is 0.0123. The van der Waals surface area contributed by atoms with E-state index in [0.717, 1.165) is 21.2 Å². The molecule has 10 aromatic carbocycles. The van der Waals surface area contributed by atoms with E-state index in [1.54, 1.807) is 21.3 Å². The minimum absolute atomic E-state index is 0.0513. The Morgan fingerprint density at radius 2 is 0.505 bits per heavy atom. The van der Waals surface area contributed by atoms with Crippen molar-refractivity contribution in [1.29, 1.82) is 0 Å². The number of benzene rings is 10. The first kappa shape index (κ1) is 78.4. The summed E-state index contributed by atoms with van der Waals surface area (Å²) in [5.74, 6) is -1.69. The molecule has 0 radical (unpaired) electrons. The minimum atomic E-state index is -2.90. The molecule has 0 unspecified atom stereocenters. The van der Waals surface area contributed by atoms with E-state index in [2.05, 4.69) is 262 Å². The van der Waals surface area contributed by atoms with E-state index in [0.29, 0.717) is 43.5 Å². The molecule has 0 aliphatic heterocycles. The van der Waals surface area contributed by atoms with Gasteiger partial charge in [0, 0.05) is 117 Å². The van der Waals surface area contributed by atoms with E-state index >= 15 is 0 Å². The Balaban J connectivity index is 0.685. The summed E-state index contributed by atoms with van der Waals surface area (Å²) in [7, 11) is -2.33. The van der Waals surface area contributed by atoms with Gasteiger partial charge in [0.15, 0.2) is 0 Å². The first-order valence-corrected chi connectivity index (χ1v) is 42.6. The molecule has 16 nitrogen and oxygen atoms in total. The maximum Gasteiger partial charge on any atom is 0.500 e. The average molecular weight is 1490 g/mol. The number of rotatable bonds is 39. The van der Waals surface area contributed by atoms with Crippen molar-refractivity contribution in [2.75, 3.05) is 77.8 Å². The van der Waals surface area contributed by atoms with Crippen LogP contribution in [-0.4, -0.2) is 116 Å². The number of hydrogen-bond acceptors (Lipinski definition) is 10. The van der Waals surface area contributed by atoms with Gasteiger partial charge in [-0.3, -0.25) is 28.8 Å². The van der Waals surface area contributed by atoms with Gasteiger partial charge in [-0.05, 0) is 145 Å². The van der Waals surface area contributed by atoms with Gasteiger partial charge in [0.05, 0.1) is 0 Å². The van der Waals surface area contributed by atoms with Crippen LogP contribution in [0.4, 0.5) is 11.4 Å². The molecule has 10 rings (SSSR count). The molecule has 0 aliphatic rings. The molecular weight excluding hydrogens is 1400 g/mol. The van der Waals surface area contributed by atoms with Crippen molar-refractivity contribution in [2.45, 2.75) is 51.0 Å². The first-order valence-electron chi connectivity index (χ1n) is 35.3. The van der Waals surface area contributed by atoms with Crippen LogP contribution in [0, 0.1) is 0 Å². The highest BCUT2D eigenvalue weighted by Gasteiger charge is 2.37. The Kier molecular flexibility index (Phi) is 31.0. The second kappa shape index (κ2) is 41.5. The van der Waals surface area contributed by atoms with Crippen molar-refractivity contribution in [3.8, 4) is 0 Å². The fourth-order valence-electron chi connectivity index (χ4n) is 12.2. The number of nitrogens with one attached hydrogen (secondary N) is 6. The Labute approximate surface area is 623 Å². The van der Waals surface area contributed by atoms with Gasteiger partial charge in [-0.15, -0.1) is 0 Å². The molecule has 0 heterocycles. The summed E-state index contributed by atoms with van der Waals surface area (Å²) in [5.41, 5.74) is 1.31. The van der Waals surface area contributed by atoms with Crippen molar-refractivity contribution in [3.63, 3.8) is 0 Å². The van der Waals surface area contributed by atoms with Gasteiger partial charge in [-0.25, -0.2) is 0 Å². The highest BCUT2D eigenvalue weighted by atomic mass is 31.1. The predicted molar refractivity (Wildman–Crippen MR) is 437 cm³/mol. The maximum atomic E-state index is 13.8. The van der Waals surface area contributed by atoms with Gasteiger partial charge in [0.25, 0.3) is 0 Å². The Bertz CT molecular complexity index is 3740. The molecule has 0 saturated heterocycles. The monoisotopic (exact) mass is 1490 g/mol. The number of hydrogen-bond donors (Lipinski definition) is 6. The lowest BCUT2D eigenvalue weighted by atomic mass is 10.2. The molecule has 6 N–H and O–H groups in total. The molecule has 540 valence electrons. The third-order valence-corrected chi connectivity index (χ3v) is 29.9. The zero-order valence-corrected chi connectivity index (χ0v) is 64.2. The van der Waals surface area contributed by atoms with Crippen molar-refractivity contribution in [3.05, 3.63) is 279 Å². The molecule has 0 aromatic heterocycles. The summed E-state index contributed by atoms with van der Waals surface area (Å²) in [6.45, 7) is 1.88. The van der Waals surface area contributed by atoms with Crippen LogP contribution in [0.25, 0.3) is 0 Å². The van der Waals surface area contributed by atoms with Crippen molar-refractivity contribution in [1.82, 2.24) is 26.2 Å². The molecular formula is C84H91N7O9P4Si. The van der Waals surface area contributed by atoms with Crippen molar-refractivity contribution >= 4 is 151 Å². The van der Waals surface area contributed by atoms with Crippen LogP contribution in [-0.2, 0) is 42.0 Å². The van der Waals surface area contributed by atoms with Gasteiger partial charge in [0.2, 0.25) is 35.4 Å². The molecule has 0 spiro atoms. The van der Waals surface area contributed by atoms with E-state index in [1.165, 1.54) is 42.4 Å². The second-order valence-electron chi connectivity index (χ2n) is 24.7. The van der Waals surface area contributed by atoms with Gasteiger partial charge in [0.1, 0.15) is 0 Å². The highest BCUT2D eigenvalue weighted by Crippen LogP contribution is 2.40. The van der Waals surface area contributed by atoms with Crippen LogP contribution < -0.4 is 95.6 Å². The largest absolute Gasteiger partial charge is 0.500 e. The van der Waals surface area contributed by atoms with E-state index in [-0.39, 0.29) is 100 Å². The number of nitrogens with zero attached hydrogens (tertiary/aromatic N) is 1. The summed E-state index contributed by atoms with van der Waals surface area (Å²) in [6, 6.07) is 97.1. The summed E-state index contributed by atoms with van der Waals surface area (Å²) >= 11 is 0. The molecule has 105 heavy (non-hydrogen) atoms. The predicted octanol–water partition coefficient (Wildman–Crippen LogP) is 8.67. The topological polar surface area (TPSA) is 206 Å². The highest BCUT2D eigenvalue weighted by molar-refractivity contribution is 7.82. The molecule has 0 aliphatic carbocycles. The van der Waals surface area contributed by atoms with Crippen LogP contribution in [0.15, 0.2) is 279 Å². The standard InChI is InChI=1S/C84H91N7O9P4Si/c1-98-105(99-2,100-3)58-28-55-91(56-49-81(94)87-53-51-85-79(92)45-47-83(96)89-65-59-75(101(67-29-12-4-13-30-67)68-31-14-5-15-32-68)63-76(60-65)102(69-33-16-6-17-34-69)70-35-18-7-19-36-70)57-50-82(95)88-54-52-86-80(93)46-48-84(97)90-66-61-77(103(71-37-20-8-21-38-71)72-39-22-9-23-40-72)64-78(62-66)104(73-41-24-10-25-42-73)74-43-26-11-27-44-74/h4-27,29-44,59-64H,28,45-58H2,1-3H3,(H,85,92)(H,86,93)(H,87,94)(H,88,95)(H,89,96)(H,90,97). The zero-order chi connectivity index (χ0) is 73.4. The van der Waals surface area contributed by atoms with Gasteiger partial charge in [-0.1, -0.05) is 243 Å². The fraction of sp³-hybridized carbons (Fsp3) is 0.214. The third-order valence-electron chi connectivity index (χ3n) is 17.4. The van der Waals surface area contributed by atoms with Crippen LogP contribution in [0.5, 0.6) is 0 Å². The molecule has 0 atom stereocenters. The van der Waals surface area contributed by atoms with E-state index in [1.807, 2.05) is 53.4 Å². The van der Waals surface area contributed by atoms with Crippen molar-refractivity contribution in [2.24, 2.45) is 0 Å². The Morgan fingerprint density at radius 1 is 0.286 bits per heavy atom. The SMILES string of the molecule is CO[Si](CCCN(CCC(=O)NCCNC(=O)CCC(=O)Nc1cc(P(c2ccccc2)c2ccccc2)cc(P(c2ccccc2)c2ccccc2)c1)CCC(=O)NCCNC(=O)CCC(=O)Nc1cc(P(c2ccccc2)c2ccccc2)cc(P(c2ccccc2)c2ccccc2)c1)(OC)OC. The zero-order valence-electron chi connectivity index (χ0n) is 59.6. The lowest BCUT2D eigenvalue weighted by Gasteiger charge is -2.26. The smallest absolute Gasteiger partial charge is 0.377 e. The van der Waals surface area contributed by atoms with Crippen LogP contribution in [0.3, 0.4) is 0 Å². The van der Waals surface area contributed by atoms with Gasteiger partial charge >= 0.3 is 8.80 Å². The normalized spacial score (nSPS) is 11.4. The van der Waals surface area contributed by atoms with E-state index < -0.39 is 40.5 Å². The number of carbonyl (C=O) groups is 6. The van der Waals surface area contributed by atoms with Gasteiger partial charge in [-0.2, -0.15) is 0 Å². The third kappa shape index (κ3) is 23.9. The average Bonchev–Trinajstić information content (AvgIpc) is 0.786. The molecule has 10 aromatic rings. The lowest BCUT2D eigenvalue weighted by Crippen LogP contribution is -2.43.